The molecule has 2 N–H and O–H groups in total. The number of aliphatic carboxylic acids is 1. The van der Waals surface area contributed by atoms with Gasteiger partial charge in [-0.3, -0.25) is 4.79 Å². The number of carboxylic acid groups (broad SMARTS) is 1. The summed E-state index contributed by atoms with van der Waals surface area (Å²) >= 11 is 0. The van der Waals surface area contributed by atoms with Gasteiger partial charge in [-0.1, -0.05) is 31.5 Å². The predicted molar refractivity (Wildman–Crippen MR) is 77.0 cm³/mol. The van der Waals surface area contributed by atoms with Crippen LogP contribution in [0.25, 0.3) is 0 Å². The van der Waals surface area contributed by atoms with Crippen LogP contribution in [0.2, 0.25) is 0 Å². The lowest BCUT2D eigenvalue weighted by Gasteiger charge is -2.19. The molecule has 5 nitrogen and oxygen atoms in total. The van der Waals surface area contributed by atoms with Crippen molar-refractivity contribution in [3.63, 3.8) is 0 Å². The molecule has 0 fully saturated rings. The average molecular weight is 299 g/mol. The smallest absolute Gasteiger partial charge is 0.304 e. The van der Waals surface area contributed by atoms with E-state index in [2.05, 4.69) is 4.72 Å². The van der Waals surface area contributed by atoms with Crippen LogP contribution >= 0.6 is 0 Å². The highest BCUT2D eigenvalue weighted by molar-refractivity contribution is 7.89. The quantitative estimate of drug-likeness (QED) is 0.808. The van der Waals surface area contributed by atoms with E-state index >= 15 is 0 Å². The number of nitrogens with one attached hydrogen (secondary N) is 1. The number of benzene rings is 1. The van der Waals surface area contributed by atoms with E-state index in [4.69, 9.17) is 5.11 Å². The van der Waals surface area contributed by atoms with Gasteiger partial charge in [0.2, 0.25) is 10.0 Å². The number of carbonyl (C=O) groups is 1. The van der Waals surface area contributed by atoms with Crippen molar-refractivity contribution in [3.8, 4) is 0 Å². The zero-order valence-corrected chi connectivity index (χ0v) is 12.8. The summed E-state index contributed by atoms with van der Waals surface area (Å²) in [6.45, 7) is 5.72. The molecule has 0 saturated carbocycles. The third-order valence-corrected chi connectivity index (χ3v) is 4.37. The van der Waals surface area contributed by atoms with E-state index in [9.17, 15) is 13.2 Å². The van der Waals surface area contributed by atoms with Gasteiger partial charge in [-0.2, -0.15) is 0 Å². The molecule has 0 spiro atoms. The van der Waals surface area contributed by atoms with Gasteiger partial charge >= 0.3 is 5.97 Å². The molecule has 0 bridgehead atoms. The van der Waals surface area contributed by atoms with Crippen LogP contribution in [0.1, 0.15) is 32.3 Å². The number of sulfonamides is 1. The summed E-state index contributed by atoms with van der Waals surface area (Å²) < 4.78 is 26.9. The molecule has 1 aromatic carbocycles. The first kappa shape index (κ1) is 16.7. The van der Waals surface area contributed by atoms with Gasteiger partial charge in [0, 0.05) is 6.04 Å². The van der Waals surface area contributed by atoms with Crippen molar-refractivity contribution >= 4 is 16.0 Å². The summed E-state index contributed by atoms with van der Waals surface area (Å²) in [5, 5.41) is 8.87. The van der Waals surface area contributed by atoms with Crippen molar-refractivity contribution in [1.82, 2.24) is 4.72 Å². The highest BCUT2D eigenvalue weighted by Crippen LogP contribution is 2.14. The van der Waals surface area contributed by atoms with Crippen LogP contribution in [0.3, 0.4) is 0 Å². The van der Waals surface area contributed by atoms with Crippen molar-refractivity contribution in [2.24, 2.45) is 5.92 Å². The monoisotopic (exact) mass is 299 g/mol. The Hall–Kier alpha value is -1.40. The molecule has 0 radical (unpaired) electrons. The SMILES string of the molecule is Cc1ccc(S(=O)(=O)NC(CC(=O)O)CC(C)C)cc1. The number of carboxylic acids is 1. The highest BCUT2D eigenvalue weighted by atomic mass is 32.2. The molecular formula is C14H21NO4S. The first-order chi connectivity index (χ1) is 9.20. The minimum atomic E-state index is -3.68. The fraction of sp³-hybridized carbons (Fsp3) is 0.500. The van der Waals surface area contributed by atoms with Gasteiger partial charge in [-0.25, -0.2) is 13.1 Å². The van der Waals surface area contributed by atoms with Crippen molar-refractivity contribution in [2.45, 2.75) is 44.6 Å². The van der Waals surface area contributed by atoms with Gasteiger partial charge in [0.15, 0.2) is 0 Å². The van der Waals surface area contributed by atoms with E-state index in [1.807, 2.05) is 20.8 Å². The summed E-state index contributed by atoms with van der Waals surface area (Å²) in [7, 11) is -3.68. The molecule has 6 heteroatoms. The summed E-state index contributed by atoms with van der Waals surface area (Å²) in [6.07, 6.45) is 0.265. The molecule has 112 valence electrons. The molecular weight excluding hydrogens is 278 g/mol. The number of aryl methyl sites for hydroxylation is 1. The fourth-order valence-corrected chi connectivity index (χ4v) is 3.21. The van der Waals surface area contributed by atoms with E-state index in [1.54, 1.807) is 12.1 Å². The van der Waals surface area contributed by atoms with Gasteiger partial charge in [-0.15, -0.1) is 0 Å². The maximum Gasteiger partial charge on any atom is 0.304 e. The van der Waals surface area contributed by atoms with E-state index in [0.717, 1.165) is 5.56 Å². The predicted octanol–water partition coefficient (Wildman–Crippen LogP) is 2.16. The highest BCUT2D eigenvalue weighted by Gasteiger charge is 2.22. The molecule has 0 aliphatic rings. The van der Waals surface area contributed by atoms with Crippen molar-refractivity contribution in [1.29, 1.82) is 0 Å². The summed E-state index contributed by atoms with van der Waals surface area (Å²) in [5.41, 5.74) is 0.966. The Labute approximate surface area is 120 Å². The molecule has 20 heavy (non-hydrogen) atoms. The molecule has 0 aliphatic carbocycles. The number of hydrogen-bond donors (Lipinski definition) is 2. The van der Waals surface area contributed by atoms with Crippen LogP contribution in [0.5, 0.6) is 0 Å². The lowest BCUT2D eigenvalue weighted by molar-refractivity contribution is -0.137. The Morgan fingerprint density at radius 1 is 1.25 bits per heavy atom. The topological polar surface area (TPSA) is 83.5 Å². The molecule has 0 amide bonds. The van der Waals surface area contributed by atoms with Crippen LogP contribution in [0.4, 0.5) is 0 Å². The summed E-state index contributed by atoms with van der Waals surface area (Å²) in [6, 6.07) is 5.86. The van der Waals surface area contributed by atoms with Crippen LogP contribution in [-0.2, 0) is 14.8 Å². The minimum absolute atomic E-state index is 0.155. The first-order valence-corrected chi connectivity index (χ1v) is 8.00. The summed E-state index contributed by atoms with van der Waals surface area (Å²) in [4.78, 5) is 11.0. The van der Waals surface area contributed by atoms with Crippen molar-refractivity contribution in [2.75, 3.05) is 0 Å². The fourth-order valence-electron chi connectivity index (χ4n) is 1.96. The third kappa shape index (κ3) is 5.30. The second-order valence-corrected chi connectivity index (χ2v) is 7.07. The second-order valence-electron chi connectivity index (χ2n) is 5.36. The molecule has 0 heterocycles. The third-order valence-electron chi connectivity index (χ3n) is 2.83. The molecule has 1 unspecified atom stereocenters. The van der Waals surface area contributed by atoms with E-state index in [-0.39, 0.29) is 17.2 Å². The largest absolute Gasteiger partial charge is 0.481 e. The molecule has 0 saturated heterocycles. The number of rotatable bonds is 7. The lowest BCUT2D eigenvalue weighted by atomic mass is 10.0. The normalized spacial score (nSPS) is 13.4. The second kappa shape index (κ2) is 6.85. The van der Waals surface area contributed by atoms with E-state index in [1.165, 1.54) is 12.1 Å². The van der Waals surface area contributed by atoms with E-state index < -0.39 is 22.0 Å². The lowest BCUT2D eigenvalue weighted by Crippen LogP contribution is -2.37. The van der Waals surface area contributed by atoms with Crippen molar-refractivity contribution < 1.29 is 18.3 Å². The molecule has 1 rings (SSSR count). The molecule has 1 atom stereocenters. The Bertz CT molecular complexity index is 549. The van der Waals surface area contributed by atoms with Crippen molar-refractivity contribution in [3.05, 3.63) is 29.8 Å². The Morgan fingerprint density at radius 2 is 1.80 bits per heavy atom. The van der Waals surface area contributed by atoms with Crippen LogP contribution in [0.15, 0.2) is 29.2 Å². The Morgan fingerprint density at radius 3 is 2.25 bits per heavy atom. The zero-order valence-electron chi connectivity index (χ0n) is 12.0. The van der Waals surface area contributed by atoms with E-state index in [0.29, 0.717) is 6.42 Å². The van der Waals surface area contributed by atoms with Gasteiger partial charge in [0.25, 0.3) is 0 Å². The maximum absolute atomic E-state index is 12.2. The van der Waals surface area contributed by atoms with Crippen LogP contribution in [-0.4, -0.2) is 25.5 Å². The van der Waals surface area contributed by atoms with Gasteiger partial charge in [0.1, 0.15) is 0 Å². The first-order valence-electron chi connectivity index (χ1n) is 6.51. The van der Waals surface area contributed by atoms with Gasteiger partial charge in [-0.05, 0) is 31.4 Å². The Balaban J connectivity index is 2.90. The zero-order chi connectivity index (χ0) is 15.3. The van der Waals surface area contributed by atoms with Gasteiger partial charge in [0.05, 0.1) is 11.3 Å². The average Bonchev–Trinajstić information content (AvgIpc) is 2.26. The molecule has 1 aromatic rings. The standard InChI is InChI=1S/C14H21NO4S/c1-10(2)8-12(9-14(16)17)15-20(18,19)13-6-4-11(3)5-7-13/h4-7,10,12,15H,8-9H2,1-3H3,(H,16,17). The molecule has 0 aromatic heterocycles. The van der Waals surface area contributed by atoms with Crippen LogP contribution in [0, 0.1) is 12.8 Å². The number of hydrogen-bond acceptors (Lipinski definition) is 3. The van der Waals surface area contributed by atoms with Crippen LogP contribution < -0.4 is 4.72 Å². The maximum atomic E-state index is 12.2. The summed E-state index contributed by atoms with van der Waals surface area (Å²) in [5.74, 6) is -0.803. The van der Waals surface area contributed by atoms with Gasteiger partial charge < -0.3 is 5.11 Å². The molecule has 0 aliphatic heterocycles. The minimum Gasteiger partial charge on any atom is -0.481 e. The Kier molecular flexibility index (Phi) is 5.71.